The molecule has 2 aromatic carbocycles. The zero-order valence-electron chi connectivity index (χ0n) is 68.4. The number of nitrogens with one attached hydrogen (secondary N) is 13. The van der Waals surface area contributed by atoms with E-state index in [0.717, 1.165) is 17.8 Å². The van der Waals surface area contributed by atoms with E-state index in [1.807, 2.05) is 12.1 Å². The number of unbranched alkanes of at least 4 members (excludes halogenated alkanes) is 5. The smallest absolute Gasteiger partial charge is 0.326 e. The van der Waals surface area contributed by atoms with Gasteiger partial charge < -0.3 is 141 Å². The number of aliphatic carboxylic acids is 1. The number of primary amides is 1. The molecule has 14 amide bonds. The number of piperidine rings is 1. The summed E-state index contributed by atoms with van der Waals surface area (Å²) in [5.74, 6) is -14.1. The van der Waals surface area contributed by atoms with Crippen LogP contribution >= 0.6 is 0 Å². The molecule has 2 heterocycles. The molecule has 1 saturated heterocycles. The number of carboxylic acids is 1. The van der Waals surface area contributed by atoms with Crippen molar-refractivity contribution in [3.05, 3.63) is 71.9 Å². The third-order valence-electron chi connectivity index (χ3n) is 20.0. The number of carbonyl (C=O) groups excluding carboxylic acids is 14. The first-order chi connectivity index (χ1) is 57.4. The fraction of sp³-hybridized carbons (Fsp3) is 0.615. The van der Waals surface area contributed by atoms with Gasteiger partial charge in [-0.25, -0.2) is 4.79 Å². The van der Waals surface area contributed by atoms with E-state index in [1.54, 1.807) is 48.7 Å². The number of hydrogen-bond donors (Lipinski definition) is 25. The number of nitrogens with two attached hydrogens (primary N) is 9. The van der Waals surface area contributed by atoms with Crippen LogP contribution in [0.3, 0.4) is 0 Å². The van der Waals surface area contributed by atoms with Gasteiger partial charge in [-0.2, -0.15) is 0 Å². The summed E-state index contributed by atoms with van der Waals surface area (Å²) in [6.45, 7) is -0.177. The number of aromatic amines is 1. The van der Waals surface area contributed by atoms with Crippen LogP contribution < -0.4 is 115 Å². The van der Waals surface area contributed by atoms with Crippen molar-refractivity contribution in [2.24, 2.45) is 56.6 Å². The van der Waals surface area contributed by atoms with Crippen molar-refractivity contribution in [1.82, 2.24) is 73.7 Å². The maximum atomic E-state index is 14.8. The third-order valence-corrected chi connectivity index (χ3v) is 20.0. The van der Waals surface area contributed by atoms with Gasteiger partial charge in [-0.15, -0.1) is 0 Å². The number of aromatic nitrogens is 1. The number of hydrogen-bond acceptors (Lipinski definition) is 24. The molecule has 0 bridgehead atoms. The molecule has 0 spiro atoms. The number of rotatable bonds is 59. The lowest BCUT2D eigenvalue weighted by atomic mass is 9.99. The van der Waals surface area contributed by atoms with Crippen molar-refractivity contribution in [3.8, 4) is 0 Å². The maximum absolute atomic E-state index is 14.8. The number of H-pyrrole nitrogens is 1. The number of para-hydroxylation sites is 1. The first kappa shape index (κ1) is 101. The highest BCUT2D eigenvalue weighted by Gasteiger charge is 2.39. The lowest BCUT2D eigenvalue weighted by molar-refractivity contribution is -0.143. The minimum atomic E-state index is -1.87. The standard InChI is InChI=1S/C78H128N24O18/c1-46(104)65(101-72(114)55(27-10-16-36-82)94-71(113)56(31-32-62(85)105)93-66(108)50(84)23-7-13-33-79)76(118)100-60(45-103)74(116)98-58(40-47-20-3-2-4-21-47)68(110)90-43-63(106)92-52(29-19-38-88-78(86)87)67(109)91-44-64(107)102-39-18-12-30-61(102)75(117)96-54(26-9-15-35-81)70(112)99-59(41-48-42-89-51-24-6-5-22-49(48)51)73(115)95-53(25-8-14-34-80)69(111)97-57(77(119)120)28-11-17-37-83/h2-6,20-22,24,42,46,50,52-61,65,89,103-104H,7-19,23,25-41,43-45,79-84H2,1H3,(H2,85,105)(H,90,110)(H,91,109)(H,92,106)(H,93,108)(H,94,113)(H,95,115)(H,96,117)(H,97,111)(H,98,116)(H,99,112)(H,100,118)(H,101,114)(H,119,120)(H4,86,87,88)/t46-,50+,52+,53+,54+,55+,56+,57+,58+,59+,60+,61+,65+/m1/s1. The summed E-state index contributed by atoms with van der Waals surface area (Å²) >= 11 is 0. The molecule has 13 atom stereocenters. The molecular formula is C78H128N24O18. The van der Waals surface area contributed by atoms with Crippen LogP contribution in [-0.2, 0) is 84.8 Å². The Bertz CT molecular complexity index is 3830. The summed E-state index contributed by atoms with van der Waals surface area (Å²) in [6.07, 6.45) is 4.39. The first-order valence-corrected chi connectivity index (χ1v) is 41.0. The summed E-state index contributed by atoms with van der Waals surface area (Å²) in [5.41, 5.74) is 52.9. The zero-order chi connectivity index (χ0) is 88.6. The Labute approximate surface area is 697 Å². The molecule has 34 N–H and O–H groups in total. The highest BCUT2D eigenvalue weighted by molar-refractivity contribution is 6.00. The second kappa shape index (κ2) is 55.7. The van der Waals surface area contributed by atoms with Crippen LogP contribution in [0.1, 0.15) is 159 Å². The molecule has 0 saturated carbocycles. The van der Waals surface area contributed by atoms with Crippen molar-refractivity contribution in [2.45, 2.75) is 240 Å². The van der Waals surface area contributed by atoms with Crippen LogP contribution in [0.2, 0.25) is 0 Å². The Kier molecular flexibility index (Phi) is 47.0. The van der Waals surface area contributed by atoms with Crippen molar-refractivity contribution in [2.75, 3.05) is 65.5 Å². The lowest BCUT2D eigenvalue weighted by Crippen LogP contribution is -2.62. The average Bonchev–Trinajstić information content (AvgIpc) is 1.66. The number of likely N-dealkylation sites (tertiary alicyclic amines) is 1. The summed E-state index contributed by atoms with van der Waals surface area (Å²) in [4.78, 5) is 216. The molecule has 42 heteroatoms. The van der Waals surface area contributed by atoms with Gasteiger partial charge in [0.25, 0.3) is 0 Å². The monoisotopic (exact) mass is 1690 g/mol. The predicted octanol–water partition coefficient (Wildman–Crippen LogP) is -6.84. The average molecular weight is 1690 g/mol. The normalized spacial score (nSPS) is 15.5. The van der Waals surface area contributed by atoms with Gasteiger partial charge in [-0.1, -0.05) is 55.0 Å². The van der Waals surface area contributed by atoms with Gasteiger partial charge in [0.15, 0.2) is 5.96 Å². The molecular weight excluding hydrogens is 1560 g/mol. The van der Waals surface area contributed by atoms with E-state index in [9.17, 15) is 87.2 Å². The minimum absolute atomic E-state index is 0.0181. The third kappa shape index (κ3) is 36.7. The van der Waals surface area contributed by atoms with Crippen molar-refractivity contribution < 1.29 is 87.2 Å². The fourth-order valence-corrected chi connectivity index (χ4v) is 13.2. The summed E-state index contributed by atoms with van der Waals surface area (Å²) in [6, 6.07) is -1.71. The molecule has 120 heavy (non-hydrogen) atoms. The number of benzene rings is 2. The van der Waals surface area contributed by atoms with Gasteiger partial charge in [-0.05, 0) is 185 Å². The Hall–Kier alpha value is -11.0. The molecule has 3 aromatic rings. The van der Waals surface area contributed by atoms with E-state index < -0.39 is 187 Å². The highest BCUT2D eigenvalue weighted by atomic mass is 16.4. The van der Waals surface area contributed by atoms with Crippen molar-refractivity contribution in [3.63, 3.8) is 0 Å². The number of aliphatic hydroxyl groups is 2. The van der Waals surface area contributed by atoms with Crippen LogP contribution in [-0.4, -0.2) is 264 Å². The molecule has 1 fully saturated rings. The molecule has 668 valence electrons. The van der Waals surface area contributed by atoms with Crippen LogP contribution in [0.5, 0.6) is 0 Å². The van der Waals surface area contributed by atoms with E-state index in [1.165, 1.54) is 4.90 Å². The minimum Gasteiger partial charge on any atom is -0.480 e. The Morgan fingerprint density at radius 3 is 1.48 bits per heavy atom. The van der Waals surface area contributed by atoms with E-state index >= 15 is 0 Å². The Balaban J connectivity index is 1.52. The largest absolute Gasteiger partial charge is 0.480 e. The summed E-state index contributed by atoms with van der Waals surface area (Å²) in [5, 5.41) is 62.7. The topological polar surface area (TPSA) is 727 Å². The van der Waals surface area contributed by atoms with E-state index in [0.29, 0.717) is 94.8 Å². The van der Waals surface area contributed by atoms with Crippen molar-refractivity contribution in [1.29, 1.82) is 0 Å². The molecule has 1 aromatic heterocycles. The second-order valence-electron chi connectivity index (χ2n) is 29.6. The molecule has 1 aliphatic rings. The van der Waals surface area contributed by atoms with Gasteiger partial charge in [-0.3, -0.25) is 72.1 Å². The Morgan fingerprint density at radius 1 is 0.483 bits per heavy atom. The second-order valence-corrected chi connectivity index (χ2v) is 29.6. The van der Waals surface area contributed by atoms with Crippen LogP contribution in [0.15, 0.2) is 65.8 Å². The molecule has 0 aliphatic carbocycles. The lowest BCUT2D eigenvalue weighted by Gasteiger charge is -2.36. The quantitative estimate of drug-likeness (QED) is 0.0142. The number of guanidine groups is 1. The zero-order valence-corrected chi connectivity index (χ0v) is 68.4. The van der Waals surface area contributed by atoms with Crippen molar-refractivity contribution >= 4 is 106 Å². The summed E-state index contributed by atoms with van der Waals surface area (Å²) < 4.78 is 0. The molecule has 1 aliphatic heterocycles. The number of carbonyl (C=O) groups is 15. The van der Waals surface area contributed by atoms with E-state index in [2.05, 4.69) is 73.8 Å². The number of carboxylic acid groups (broad SMARTS) is 1. The molecule has 42 nitrogen and oxygen atoms in total. The number of nitrogens with zero attached hydrogens (tertiary/aromatic N) is 2. The number of aliphatic imine (C=N–C) groups is 1. The van der Waals surface area contributed by atoms with Gasteiger partial charge in [0.05, 0.1) is 31.8 Å². The molecule has 4 rings (SSSR count). The Morgan fingerprint density at radius 2 is 0.933 bits per heavy atom. The molecule has 0 unspecified atom stereocenters. The summed E-state index contributed by atoms with van der Waals surface area (Å²) in [7, 11) is 0. The highest BCUT2D eigenvalue weighted by Crippen LogP contribution is 2.22. The van der Waals surface area contributed by atoms with E-state index in [-0.39, 0.29) is 122 Å². The van der Waals surface area contributed by atoms with Gasteiger partial charge in [0, 0.05) is 49.5 Å². The van der Waals surface area contributed by atoms with Crippen LogP contribution in [0, 0.1) is 0 Å². The van der Waals surface area contributed by atoms with Crippen LogP contribution in [0.4, 0.5) is 0 Å². The van der Waals surface area contributed by atoms with Gasteiger partial charge in [0.2, 0.25) is 82.7 Å². The fourth-order valence-electron chi connectivity index (χ4n) is 13.2. The number of amides is 14. The van der Waals surface area contributed by atoms with Crippen LogP contribution in [0.25, 0.3) is 10.9 Å². The first-order valence-electron chi connectivity index (χ1n) is 41.0. The predicted molar refractivity (Wildman–Crippen MR) is 444 cm³/mol. The number of fused-ring (bicyclic) bond motifs is 1. The maximum Gasteiger partial charge on any atom is 0.326 e. The van der Waals surface area contributed by atoms with Gasteiger partial charge >= 0.3 is 5.97 Å². The molecule has 0 radical (unpaired) electrons. The van der Waals surface area contributed by atoms with E-state index in [4.69, 9.17) is 51.6 Å². The van der Waals surface area contributed by atoms with Gasteiger partial charge in [0.1, 0.15) is 66.5 Å². The number of aliphatic hydroxyl groups excluding tert-OH is 2. The SMILES string of the molecule is C[C@@H](O)[C@H](NC(=O)[C@H](CCCCN)NC(=O)[C@H](CCC(N)=O)NC(=O)[C@@H](N)CCCCN)C(=O)N[C@@H](CO)C(=O)N[C@@H](Cc1ccccc1)C(=O)NCC(=O)N[C@@H](CCCN=C(N)N)C(=O)NCC(=O)N1CCCC[C@H]1C(=O)N[C@@H](CCCCN)C(=O)N[C@@H](Cc1c[nH]c2ccccc12)C(=O)N[C@@H](CCCCN)C(=O)N[C@@H](CCCCN)C(=O)O.